The molecule has 0 amide bonds. The van der Waals surface area contributed by atoms with Crippen LogP contribution >= 0.6 is 0 Å². The molecule has 1 unspecified atom stereocenters. The Balaban J connectivity index is 1.45. The zero-order chi connectivity index (χ0) is 21.8. The molecule has 0 spiro atoms. The summed E-state index contributed by atoms with van der Waals surface area (Å²) in [6.07, 6.45) is 0. The summed E-state index contributed by atoms with van der Waals surface area (Å²) in [5.41, 5.74) is 3.19. The Morgan fingerprint density at radius 3 is 2.47 bits per heavy atom. The predicted molar refractivity (Wildman–Crippen MR) is 125 cm³/mol. The van der Waals surface area contributed by atoms with Crippen molar-refractivity contribution in [2.24, 2.45) is 0 Å². The number of nitrogens with zero attached hydrogens (tertiary/aromatic N) is 2. The minimum Gasteiger partial charge on any atom is -0.496 e. The zero-order valence-electron chi connectivity index (χ0n) is 17.7. The van der Waals surface area contributed by atoms with Gasteiger partial charge in [0.15, 0.2) is 0 Å². The molecule has 0 radical (unpaired) electrons. The molecule has 1 heterocycles. The van der Waals surface area contributed by atoms with Gasteiger partial charge >= 0.3 is 0 Å². The number of rotatable bonds is 7. The van der Waals surface area contributed by atoms with Crippen molar-refractivity contribution in [1.29, 1.82) is 0 Å². The van der Waals surface area contributed by atoms with Gasteiger partial charge in [-0.2, -0.15) is 4.98 Å². The fourth-order valence-electron chi connectivity index (χ4n) is 4.01. The predicted octanol–water partition coefficient (Wildman–Crippen LogP) is 5.78. The third-order valence-electron chi connectivity index (χ3n) is 5.54. The van der Waals surface area contributed by atoms with Crippen LogP contribution in [0.15, 0.2) is 102 Å². The first-order valence-electron chi connectivity index (χ1n) is 10.6. The van der Waals surface area contributed by atoms with Crippen molar-refractivity contribution >= 4 is 10.8 Å². The van der Waals surface area contributed by atoms with E-state index in [0.717, 1.165) is 5.56 Å². The number of nitrogens with one attached hydrogen (secondary N) is 1. The minimum atomic E-state index is -0.0242. The van der Waals surface area contributed by atoms with Crippen molar-refractivity contribution in [1.82, 2.24) is 15.5 Å². The molecular weight excluding hydrogens is 398 g/mol. The molecule has 4 aromatic carbocycles. The largest absolute Gasteiger partial charge is 0.496 e. The van der Waals surface area contributed by atoms with E-state index in [-0.39, 0.29) is 6.04 Å². The molecule has 0 saturated heterocycles. The summed E-state index contributed by atoms with van der Waals surface area (Å²) < 4.78 is 11.0. The van der Waals surface area contributed by atoms with Crippen molar-refractivity contribution in [2.75, 3.05) is 7.11 Å². The molecule has 158 valence electrons. The highest BCUT2D eigenvalue weighted by atomic mass is 16.5. The van der Waals surface area contributed by atoms with Crippen LogP contribution in [0.2, 0.25) is 0 Å². The van der Waals surface area contributed by atoms with E-state index in [0.29, 0.717) is 24.0 Å². The number of para-hydroxylation sites is 1. The van der Waals surface area contributed by atoms with Gasteiger partial charge in [0, 0.05) is 0 Å². The molecular formula is C27H23N3O2. The van der Waals surface area contributed by atoms with E-state index in [1.807, 2.05) is 30.3 Å². The second-order valence-corrected chi connectivity index (χ2v) is 7.50. The average molecular weight is 422 g/mol. The maximum absolute atomic E-state index is 5.55. The van der Waals surface area contributed by atoms with Crippen LogP contribution < -0.4 is 10.1 Å². The van der Waals surface area contributed by atoms with Crippen LogP contribution in [-0.2, 0) is 6.54 Å². The van der Waals surface area contributed by atoms with Gasteiger partial charge in [-0.15, -0.1) is 0 Å². The van der Waals surface area contributed by atoms with Crippen LogP contribution in [0.1, 0.15) is 23.1 Å². The maximum atomic E-state index is 5.55. The molecule has 0 saturated carbocycles. The number of fused-ring (bicyclic) bond motifs is 1. The van der Waals surface area contributed by atoms with Crippen molar-refractivity contribution in [3.8, 4) is 17.1 Å². The highest BCUT2D eigenvalue weighted by molar-refractivity contribution is 5.86. The molecule has 1 N–H and O–H groups in total. The number of methoxy groups -OCH3 is 1. The highest BCUT2D eigenvalue weighted by Gasteiger charge is 2.18. The van der Waals surface area contributed by atoms with E-state index in [9.17, 15) is 0 Å². The summed E-state index contributed by atoms with van der Waals surface area (Å²) in [5.74, 6) is 1.75. The molecule has 0 aliphatic carbocycles. The van der Waals surface area contributed by atoms with Crippen LogP contribution in [-0.4, -0.2) is 17.3 Å². The van der Waals surface area contributed by atoms with Gasteiger partial charge in [-0.05, 0) is 34.0 Å². The maximum Gasteiger partial charge on any atom is 0.240 e. The Morgan fingerprint density at radius 2 is 1.59 bits per heavy atom. The molecule has 1 atom stereocenters. The fourth-order valence-corrected chi connectivity index (χ4v) is 4.01. The first-order chi connectivity index (χ1) is 15.8. The van der Waals surface area contributed by atoms with Crippen LogP contribution in [0.3, 0.4) is 0 Å². The summed E-state index contributed by atoms with van der Waals surface area (Å²) in [7, 11) is 1.63. The molecule has 5 nitrogen and oxygen atoms in total. The number of ether oxygens (including phenoxy) is 1. The third kappa shape index (κ3) is 3.98. The summed E-state index contributed by atoms with van der Waals surface area (Å²) in [6.45, 7) is 0.435. The first kappa shape index (κ1) is 20.0. The topological polar surface area (TPSA) is 60.2 Å². The van der Waals surface area contributed by atoms with Crippen LogP contribution in [0.4, 0.5) is 0 Å². The summed E-state index contributed by atoms with van der Waals surface area (Å²) >= 11 is 0. The molecule has 5 aromatic rings. The van der Waals surface area contributed by atoms with E-state index < -0.39 is 0 Å². The summed E-state index contributed by atoms with van der Waals surface area (Å²) in [6, 6.07) is 32.9. The Labute approximate surface area is 186 Å². The van der Waals surface area contributed by atoms with E-state index in [2.05, 4.69) is 82.2 Å². The smallest absolute Gasteiger partial charge is 0.240 e. The first-order valence-corrected chi connectivity index (χ1v) is 10.6. The molecule has 5 heteroatoms. The lowest BCUT2D eigenvalue weighted by atomic mass is 9.93. The van der Waals surface area contributed by atoms with E-state index in [1.165, 1.54) is 21.9 Å². The molecule has 5 rings (SSSR count). The molecule has 0 fully saturated rings. The van der Waals surface area contributed by atoms with Gasteiger partial charge in [-0.1, -0.05) is 90.1 Å². The van der Waals surface area contributed by atoms with Crippen molar-refractivity contribution in [3.63, 3.8) is 0 Å². The Hall–Kier alpha value is -3.96. The van der Waals surface area contributed by atoms with Gasteiger partial charge in [0.05, 0.1) is 25.3 Å². The van der Waals surface area contributed by atoms with Crippen molar-refractivity contribution < 1.29 is 9.26 Å². The molecule has 0 aliphatic rings. The molecule has 0 bridgehead atoms. The fraction of sp³-hybridized carbons (Fsp3) is 0.111. The number of aromatic nitrogens is 2. The van der Waals surface area contributed by atoms with E-state index in [4.69, 9.17) is 9.26 Å². The van der Waals surface area contributed by atoms with Crippen molar-refractivity contribution in [3.05, 3.63) is 114 Å². The lowest BCUT2D eigenvalue weighted by Crippen LogP contribution is -2.22. The molecule has 32 heavy (non-hydrogen) atoms. The lowest BCUT2D eigenvalue weighted by molar-refractivity contribution is 0.362. The molecule has 0 aliphatic heterocycles. The normalized spacial score (nSPS) is 12.0. The average Bonchev–Trinajstić information content (AvgIpc) is 3.34. The summed E-state index contributed by atoms with van der Waals surface area (Å²) in [5, 5.41) is 10.2. The zero-order valence-corrected chi connectivity index (χ0v) is 17.7. The van der Waals surface area contributed by atoms with E-state index in [1.54, 1.807) is 7.11 Å². The monoisotopic (exact) mass is 421 g/mol. The number of benzene rings is 4. The Bertz CT molecular complexity index is 1330. The Morgan fingerprint density at radius 1 is 0.844 bits per heavy atom. The summed E-state index contributed by atoms with van der Waals surface area (Å²) in [4.78, 5) is 4.59. The second kappa shape index (κ2) is 9.04. The van der Waals surface area contributed by atoms with Gasteiger partial charge in [0.2, 0.25) is 11.7 Å². The van der Waals surface area contributed by atoms with Crippen LogP contribution in [0, 0.1) is 0 Å². The quantitative estimate of drug-likeness (QED) is 0.361. The van der Waals surface area contributed by atoms with Gasteiger partial charge in [-0.3, -0.25) is 5.32 Å². The minimum absolute atomic E-state index is 0.0242. The SMILES string of the molecule is COc1ccccc1-c1noc(CNC(c2ccccc2)c2cccc3ccccc23)n1. The Kier molecular flexibility index (Phi) is 5.64. The number of hydrogen-bond donors (Lipinski definition) is 1. The third-order valence-corrected chi connectivity index (χ3v) is 5.54. The molecule has 1 aromatic heterocycles. The standard InChI is InChI=1S/C27H23N3O2/c1-31-24-17-8-7-15-23(24)27-29-25(32-30-27)18-28-26(20-11-3-2-4-12-20)22-16-9-13-19-10-5-6-14-21(19)22/h2-17,26,28H,18H2,1H3. The number of hydrogen-bond acceptors (Lipinski definition) is 5. The van der Waals surface area contributed by atoms with Gasteiger partial charge < -0.3 is 9.26 Å². The van der Waals surface area contributed by atoms with Crippen molar-refractivity contribution in [2.45, 2.75) is 12.6 Å². The van der Waals surface area contributed by atoms with Gasteiger partial charge in [-0.25, -0.2) is 0 Å². The van der Waals surface area contributed by atoms with Crippen LogP contribution in [0.25, 0.3) is 22.2 Å². The lowest BCUT2D eigenvalue weighted by Gasteiger charge is -2.21. The van der Waals surface area contributed by atoms with Crippen LogP contribution in [0.5, 0.6) is 5.75 Å². The van der Waals surface area contributed by atoms with Gasteiger partial charge in [0.1, 0.15) is 5.75 Å². The van der Waals surface area contributed by atoms with E-state index >= 15 is 0 Å². The van der Waals surface area contributed by atoms with Gasteiger partial charge in [0.25, 0.3) is 0 Å². The second-order valence-electron chi connectivity index (χ2n) is 7.50. The highest BCUT2D eigenvalue weighted by Crippen LogP contribution is 2.30.